The Morgan fingerprint density at radius 3 is 2.50 bits per heavy atom. The van der Waals surface area contributed by atoms with Crippen LogP contribution in [0.15, 0.2) is 18.2 Å². The molecule has 0 unspecified atom stereocenters. The normalized spacial score (nSPS) is 11.3. The monoisotopic (exact) mass is 215 g/mol. The number of hydrogen-bond donors (Lipinski definition) is 0. The molecule has 84 valence electrons. The van der Waals surface area contributed by atoms with Crippen LogP contribution in [-0.4, -0.2) is 10.9 Å². The van der Waals surface area contributed by atoms with Gasteiger partial charge in [0.25, 0.3) is 0 Å². The third-order valence-corrected chi connectivity index (χ3v) is 3.15. The van der Waals surface area contributed by atoms with E-state index in [0.717, 1.165) is 22.9 Å². The maximum atomic E-state index is 11.2. The molecule has 1 heterocycles. The number of nitrogens with zero attached hydrogens (tertiary/aromatic N) is 1. The first-order chi connectivity index (χ1) is 7.57. The van der Waals surface area contributed by atoms with Gasteiger partial charge in [-0.3, -0.25) is 4.79 Å². The number of hydrogen-bond acceptors (Lipinski definition) is 1. The van der Waals surface area contributed by atoms with Crippen molar-refractivity contribution in [2.75, 3.05) is 0 Å². The van der Waals surface area contributed by atoms with Gasteiger partial charge in [0.1, 0.15) is 0 Å². The quantitative estimate of drug-likeness (QED) is 0.701. The average molecular weight is 215 g/mol. The molecule has 0 aliphatic rings. The lowest BCUT2D eigenvalue weighted by molar-refractivity contribution is 0.112. The number of para-hydroxylation sites is 1. The minimum absolute atomic E-state index is 0.372. The van der Waals surface area contributed by atoms with Crippen molar-refractivity contribution >= 4 is 17.2 Å². The third kappa shape index (κ3) is 1.37. The Hall–Kier alpha value is -1.57. The molecular weight excluding hydrogens is 198 g/mol. The maximum Gasteiger partial charge on any atom is 0.152 e. The van der Waals surface area contributed by atoms with Crippen LogP contribution in [-0.2, 0) is 0 Å². The van der Waals surface area contributed by atoms with Crippen molar-refractivity contribution in [2.45, 2.75) is 33.7 Å². The van der Waals surface area contributed by atoms with Gasteiger partial charge in [0.05, 0.1) is 5.52 Å². The van der Waals surface area contributed by atoms with E-state index in [9.17, 15) is 4.79 Å². The van der Waals surface area contributed by atoms with E-state index in [0.29, 0.717) is 6.04 Å². The summed E-state index contributed by atoms with van der Waals surface area (Å²) in [6.07, 6.45) is 0.968. The van der Waals surface area contributed by atoms with Gasteiger partial charge < -0.3 is 4.57 Å². The summed E-state index contributed by atoms with van der Waals surface area (Å²) in [7, 11) is 0. The number of aromatic nitrogens is 1. The molecule has 1 aromatic heterocycles. The molecule has 0 spiro atoms. The van der Waals surface area contributed by atoms with E-state index in [1.807, 2.05) is 19.1 Å². The Balaban J connectivity index is 2.98. The van der Waals surface area contributed by atoms with Gasteiger partial charge in [-0.25, -0.2) is 0 Å². The molecule has 2 heteroatoms. The molecule has 0 aliphatic heterocycles. The topological polar surface area (TPSA) is 22.0 Å². The van der Waals surface area contributed by atoms with Gasteiger partial charge >= 0.3 is 0 Å². The number of rotatable bonds is 2. The molecule has 0 radical (unpaired) electrons. The SMILES string of the molecule is Cc1cccc2c(C=O)c(C)n(C(C)C)c12. The van der Waals surface area contributed by atoms with Crippen molar-refractivity contribution in [3.05, 3.63) is 35.0 Å². The number of carbonyl (C=O) groups is 1. The Morgan fingerprint density at radius 1 is 1.25 bits per heavy atom. The van der Waals surface area contributed by atoms with E-state index in [-0.39, 0.29) is 0 Å². The Kier molecular flexibility index (Phi) is 2.58. The summed E-state index contributed by atoms with van der Waals surface area (Å²) < 4.78 is 2.24. The highest BCUT2D eigenvalue weighted by Gasteiger charge is 2.16. The summed E-state index contributed by atoms with van der Waals surface area (Å²) >= 11 is 0. The van der Waals surface area contributed by atoms with E-state index in [4.69, 9.17) is 0 Å². The summed E-state index contributed by atoms with van der Waals surface area (Å²) in [6.45, 7) is 8.40. The highest BCUT2D eigenvalue weighted by atomic mass is 16.1. The third-order valence-electron chi connectivity index (χ3n) is 3.15. The second-order valence-corrected chi connectivity index (χ2v) is 4.55. The minimum atomic E-state index is 0.372. The smallest absolute Gasteiger partial charge is 0.152 e. The van der Waals surface area contributed by atoms with Crippen LogP contribution in [0.2, 0.25) is 0 Å². The largest absolute Gasteiger partial charge is 0.341 e. The van der Waals surface area contributed by atoms with Crippen molar-refractivity contribution in [1.82, 2.24) is 4.57 Å². The number of carbonyl (C=O) groups excluding carboxylic acids is 1. The molecule has 0 saturated carbocycles. The predicted molar refractivity (Wildman–Crippen MR) is 67.2 cm³/mol. The van der Waals surface area contributed by atoms with Gasteiger partial charge in [-0.1, -0.05) is 18.2 Å². The molecule has 2 rings (SSSR count). The first-order valence-electron chi connectivity index (χ1n) is 5.63. The Morgan fingerprint density at radius 2 is 1.94 bits per heavy atom. The van der Waals surface area contributed by atoms with Crippen molar-refractivity contribution < 1.29 is 4.79 Å². The molecule has 0 atom stereocenters. The highest BCUT2D eigenvalue weighted by molar-refractivity contribution is 6.00. The van der Waals surface area contributed by atoms with Gasteiger partial charge in [0.2, 0.25) is 0 Å². The van der Waals surface area contributed by atoms with Gasteiger partial charge in [-0.05, 0) is 33.3 Å². The standard InChI is InChI=1S/C14H17NO/c1-9(2)15-11(4)13(8-16)12-7-5-6-10(3)14(12)15/h5-9H,1-4H3. The number of fused-ring (bicyclic) bond motifs is 1. The fourth-order valence-electron chi connectivity index (χ4n) is 2.48. The molecule has 0 amide bonds. The zero-order valence-electron chi connectivity index (χ0n) is 10.2. The first kappa shape index (κ1) is 10.9. The van der Waals surface area contributed by atoms with Gasteiger partial charge in [-0.15, -0.1) is 0 Å². The molecule has 0 saturated heterocycles. The van der Waals surface area contributed by atoms with Crippen LogP contribution < -0.4 is 0 Å². The summed E-state index contributed by atoms with van der Waals surface area (Å²) in [5.41, 5.74) is 4.31. The molecule has 0 bridgehead atoms. The van der Waals surface area contributed by atoms with E-state index < -0.39 is 0 Å². The van der Waals surface area contributed by atoms with Crippen molar-refractivity contribution in [1.29, 1.82) is 0 Å². The summed E-state index contributed by atoms with van der Waals surface area (Å²) in [5, 5.41) is 1.07. The van der Waals surface area contributed by atoms with Crippen LogP contribution >= 0.6 is 0 Å². The van der Waals surface area contributed by atoms with Crippen LogP contribution in [0.3, 0.4) is 0 Å². The Bertz CT molecular complexity index is 549. The summed E-state index contributed by atoms with van der Waals surface area (Å²) in [4.78, 5) is 11.2. The van der Waals surface area contributed by atoms with Gasteiger partial charge in [-0.2, -0.15) is 0 Å². The molecule has 0 N–H and O–H groups in total. The fraction of sp³-hybridized carbons (Fsp3) is 0.357. The van der Waals surface area contributed by atoms with Gasteiger partial charge in [0, 0.05) is 22.7 Å². The van der Waals surface area contributed by atoms with Crippen LogP contribution in [0, 0.1) is 13.8 Å². The van der Waals surface area contributed by atoms with Crippen molar-refractivity contribution in [3.63, 3.8) is 0 Å². The van der Waals surface area contributed by atoms with E-state index in [1.54, 1.807) is 0 Å². The van der Waals surface area contributed by atoms with E-state index >= 15 is 0 Å². The van der Waals surface area contributed by atoms with Crippen LogP contribution in [0.5, 0.6) is 0 Å². The van der Waals surface area contributed by atoms with Crippen LogP contribution in [0.4, 0.5) is 0 Å². The van der Waals surface area contributed by atoms with Crippen LogP contribution in [0.1, 0.15) is 41.5 Å². The molecule has 0 aliphatic carbocycles. The lowest BCUT2D eigenvalue weighted by Gasteiger charge is -2.13. The zero-order valence-corrected chi connectivity index (χ0v) is 10.2. The zero-order chi connectivity index (χ0) is 11.9. The van der Waals surface area contributed by atoms with E-state index in [1.165, 1.54) is 11.1 Å². The minimum Gasteiger partial charge on any atom is -0.341 e. The average Bonchev–Trinajstić information content (AvgIpc) is 2.51. The lowest BCUT2D eigenvalue weighted by Crippen LogP contribution is -2.03. The van der Waals surface area contributed by atoms with E-state index in [2.05, 4.69) is 31.4 Å². The number of benzene rings is 1. The second kappa shape index (κ2) is 3.78. The number of aryl methyl sites for hydroxylation is 1. The first-order valence-corrected chi connectivity index (χ1v) is 5.63. The Labute approximate surface area is 95.9 Å². The predicted octanol–water partition coefficient (Wildman–Crippen LogP) is 3.65. The molecule has 16 heavy (non-hydrogen) atoms. The lowest BCUT2D eigenvalue weighted by atomic mass is 10.1. The molecule has 2 aromatic rings. The second-order valence-electron chi connectivity index (χ2n) is 4.55. The molecule has 0 fully saturated rings. The highest BCUT2D eigenvalue weighted by Crippen LogP contribution is 2.29. The molecule has 1 aromatic carbocycles. The maximum absolute atomic E-state index is 11.2. The fourth-order valence-corrected chi connectivity index (χ4v) is 2.48. The number of aldehydes is 1. The van der Waals surface area contributed by atoms with Crippen molar-refractivity contribution in [2.24, 2.45) is 0 Å². The summed E-state index contributed by atoms with van der Waals surface area (Å²) in [6, 6.07) is 6.50. The van der Waals surface area contributed by atoms with Crippen molar-refractivity contribution in [3.8, 4) is 0 Å². The molecular formula is C14H17NO. The molecule has 2 nitrogen and oxygen atoms in total. The van der Waals surface area contributed by atoms with Crippen LogP contribution in [0.25, 0.3) is 10.9 Å². The summed E-state index contributed by atoms with van der Waals surface area (Å²) in [5.74, 6) is 0. The van der Waals surface area contributed by atoms with Gasteiger partial charge in [0.15, 0.2) is 6.29 Å².